The zero-order valence-electron chi connectivity index (χ0n) is 12.8. The number of nitrogens with one attached hydrogen (secondary N) is 1. The van der Waals surface area contributed by atoms with Crippen molar-refractivity contribution in [3.05, 3.63) is 59.1 Å². The lowest BCUT2D eigenvalue weighted by atomic mass is 10.2. The summed E-state index contributed by atoms with van der Waals surface area (Å²) >= 11 is 8.84. The van der Waals surface area contributed by atoms with Crippen LogP contribution in [0.1, 0.15) is 12.5 Å². The van der Waals surface area contributed by atoms with Crippen molar-refractivity contribution in [3.63, 3.8) is 0 Å². The lowest BCUT2D eigenvalue weighted by molar-refractivity contribution is -0.120. The smallest absolute Gasteiger partial charge is 0.253 e. The summed E-state index contributed by atoms with van der Waals surface area (Å²) in [5, 5.41) is 4.36. The number of para-hydroxylation sites is 1. The highest BCUT2D eigenvalue weighted by molar-refractivity contribution is 8.02. The van der Waals surface area contributed by atoms with Crippen molar-refractivity contribution in [2.24, 2.45) is 5.10 Å². The van der Waals surface area contributed by atoms with Crippen molar-refractivity contribution in [2.45, 2.75) is 16.5 Å². The summed E-state index contributed by atoms with van der Waals surface area (Å²) in [4.78, 5) is 16.6. The van der Waals surface area contributed by atoms with Gasteiger partial charge in [-0.05, 0) is 36.8 Å². The Kier molecular flexibility index (Phi) is 5.50. The van der Waals surface area contributed by atoms with Crippen LogP contribution in [0.5, 0.6) is 0 Å². The second-order valence-electron chi connectivity index (χ2n) is 4.99. The molecule has 0 fully saturated rings. The molecule has 0 saturated carbocycles. The second-order valence-corrected chi connectivity index (χ2v) is 8.05. The van der Waals surface area contributed by atoms with Crippen molar-refractivity contribution in [3.8, 4) is 0 Å². The Morgan fingerprint density at radius 3 is 2.79 bits per heavy atom. The molecule has 1 N–H and O–H groups in total. The SMILES string of the molecule is C[C@@H](Sc1nc2ccccc2s1)C(=O)N/N=C\c1ccc(Cl)cc1. The number of thiazole rings is 1. The molecule has 0 aliphatic heterocycles. The van der Waals surface area contributed by atoms with Gasteiger partial charge in [0.2, 0.25) is 0 Å². The number of hydrazone groups is 1. The van der Waals surface area contributed by atoms with Crippen LogP contribution in [0.25, 0.3) is 10.2 Å². The van der Waals surface area contributed by atoms with E-state index in [9.17, 15) is 4.79 Å². The standard InChI is InChI=1S/C17H14ClN3OS2/c1-11(23-17-20-14-4-2-3-5-15(14)24-17)16(22)21-19-10-12-6-8-13(18)9-7-12/h2-11H,1H3,(H,21,22)/b19-10-/t11-/m1/s1. The van der Waals surface area contributed by atoms with Crippen LogP contribution in [0.4, 0.5) is 0 Å². The number of thioether (sulfide) groups is 1. The summed E-state index contributed by atoms with van der Waals surface area (Å²) < 4.78 is 1.99. The van der Waals surface area contributed by atoms with Crippen molar-refractivity contribution >= 4 is 57.0 Å². The Hall–Kier alpha value is -1.89. The quantitative estimate of drug-likeness (QED) is 0.403. The molecular weight excluding hydrogens is 362 g/mol. The average Bonchev–Trinajstić information content (AvgIpc) is 2.98. The minimum atomic E-state index is -0.284. The number of nitrogens with zero attached hydrogens (tertiary/aromatic N) is 2. The monoisotopic (exact) mass is 375 g/mol. The van der Waals surface area contributed by atoms with Gasteiger partial charge in [-0.15, -0.1) is 11.3 Å². The molecule has 4 nitrogen and oxygen atoms in total. The number of benzene rings is 2. The second kappa shape index (κ2) is 7.79. The minimum absolute atomic E-state index is 0.163. The van der Waals surface area contributed by atoms with Crippen LogP contribution < -0.4 is 5.43 Å². The van der Waals surface area contributed by atoms with Gasteiger partial charge < -0.3 is 0 Å². The molecule has 0 spiro atoms. The summed E-state index contributed by atoms with van der Waals surface area (Å²) in [6, 6.07) is 15.1. The van der Waals surface area contributed by atoms with E-state index in [1.165, 1.54) is 11.8 Å². The zero-order valence-corrected chi connectivity index (χ0v) is 15.2. The molecule has 7 heteroatoms. The largest absolute Gasteiger partial charge is 0.272 e. The molecule has 122 valence electrons. The third kappa shape index (κ3) is 4.35. The summed E-state index contributed by atoms with van der Waals surface area (Å²) in [6.45, 7) is 1.84. The van der Waals surface area contributed by atoms with Crippen LogP contribution >= 0.6 is 34.7 Å². The number of hydrogen-bond acceptors (Lipinski definition) is 5. The minimum Gasteiger partial charge on any atom is -0.272 e. The first kappa shape index (κ1) is 17.0. The molecule has 3 aromatic rings. The van der Waals surface area contributed by atoms with Crippen molar-refractivity contribution in [2.75, 3.05) is 0 Å². The van der Waals surface area contributed by atoms with Crippen LogP contribution in [-0.2, 0) is 4.79 Å². The highest BCUT2D eigenvalue weighted by Gasteiger charge is 2.16. The molecule has 1 aromatic heterocycles. The Labute approximate surface area is 152 Å². The molecule has 24 heavy (non-hydrogen) atoms. The topological polar surface area (TPSA) is 54.4 Å². The highest BCUT2D eigenvalue weighted by Crippen LogP contribution is 2.31. The first-order chi connectivity index (χ1) is 11.6. The number of carbonyl (C=O) groups is 1. The van der Waals surface area contributed by atoms with Gasteiger partial charge in [-0.3, -0.25) is 4.79 Å². The fraction of sp³-hybridized carbons (Fsp3) is 0.118. The molecule has 1 atom stereocenters. The van der Waals surface area contributed by atoms with E-state index in [1.54, 1.807) is 29.7 Å². The number of aromatic nitrogens is 1. The van der Waals surface area contributed by atoms with Gasteiger partial charge in [-0.1, -0.05) is 47.6 Å². The number of hydrogen-bond donors (Lipinski definition) is 1. The fourth-order valence-electron chi connectivity index (χ4n) is 1.92. The molecule has 1 amide bonds. The molecule has 0 saturated heterocycles. The van der Waals surface area contributed by atoms with Crippen LogP contribution in [0.15, 0.2) is 58.0 Å². The molecule has 0 aliphatic rings. The van der Waals surface area contributed by atoms with E-state index in [0.717, 1.165) is 20.1 Å². The Bertz CT molecular complexity index is 844. The van der Waals surface area contributed by atoms with E-state index in [-0.39, 0.29) is 11.2 Å². The summed E-state index contributed by atoms with van der Waals surface area (Å²) in [5.41, 5.74) is 4.38. The number of amides is 1. The van der Waals surface area contributed by atoms with Gasteiger partial charge in [-0.25, -0.2) is 10.4 Å². The number of rotatable bonds is 5. The Morgan fingerprint density at radius 2 is 2.04 bits per heavy atom. The van der Waals surface area contributed by atoms with Crippen molar-refractivity contribution < 1.29 is 4.79 Å². The third-order valence-electron chi connectivity index (χ3n) is 3.18. The van der Waals surface area contributed by atoms with Crippen molar-refractivity contribution in [1.82, 2.24) is 10.4 Å². The predicted octanol–water partition coefficient (Wildman–Crippen LogP) is 4.58. The number of fused-ring (bicyclic) bond motifs is 1. The number of carbonyl (C=O) groups excluding carboxylic acids is 1. The fourth-order valence-corrected chi connectivity index (χ4v) is 4.25. The first-order valence-electron chi connectivity index (χ1n) is 7.22. The zero-order chi connectivity index (χ0) is 16.9. The van der Waals surface area contributed by atoms with Crippen LogP contribution in [0, 0.1) is 0 Å². The van der Waals surface area contributed by atoms with Gasteiger partial charge in [-0.2, -0.15) is 5.10 Å². The van der Waals surface area contributed by atoms with Gasteiger partial charge >= 0.3 is 0 Å². The molecule has 0 aliphatic carbocycles. The highest BCUT2D eigenvalue weighted by atomic mass is 35.5. The third-order valence-corrected chi connectivity index (χ3v) is 5.66. The number of halogens is 1. The van der Waals surface area contributed by atoms with E-state index in [1.807, 2.05) is 43.3 Å². The maximum atomic E-state index is 12.1. The summed E-state index contributed by atoms with van der Waals surface area (Å²) in [6.07, 6.45) is 1.59. The van der Waals surface area contributed by atoms with Crippen LogP contribution in [0.3, 0.4) is 0 Å². The van der Waals surface area contributed by atoms with Crippen LogP contribution in [-0.4, -0.2) is 22.4 Å². The van der Waals surface area contributed by atoms with E-state index < -0.39 is 0 Å². The molecule has 3 rings (SSSR count). The maximum Gasteiger partial charge on any atom is 0.253 e. The first-order valence-corrected chi connectivity index (χ1v) is 9.30. The molecular formula is C17H14ClN3OS2. The van der Waals surface area contributed by atoms with Gasteiger partial charge in [0.1, 0.15) is 0 Å². The maximum absolute atomic E-state index is 12.1. The van der Waals surface area contributed by atoms with E-state index in [4.69, 9.17) is 11.6 Å². The van der Waals surface area contributed by atoms with E-state index in [0.29, 0.717) is 5.02 Å². The van der Waals surface area contributed by atoms with Crippen LogP contribution in [0.2, 0.25) is 5.02 Å². The Balaban J connectivity index is 1.57. The summed E-state index contributed by atoms with van der Waals surface area (Å²) in [5.74, 6) is -0.163. The van der Waals surface area contributed by atoms with E-state index >= 15 is 0 Å². The molecule has 1 heterocycles. The van der Waals surface area contributed by atoms with Gasteiger partial charge in [0.05, 0.1) is 21.7 Å². The van der Waals surface area contributed by atoms with Gasteiger partial charge in [0.25, 0.3) is 5.91 Å². The van der Waals surface area contributed by atoms with Gasteiger partial charge in [0, 0.05) is 5.02 Å². The molecule has 0 unspecified atom stereocenters. The van der Waals surface area contributed by atoms with E-state index in [2.05, 4.69) is 15.5 Å². The van der Waals surface area contributed by atoms with Crippen molar-refractivity contribution in [1.29, 1.82) is 0 Å². The molecule has 0 radical (unpaired) electrons. The lowest BCUT2D eigenvalue weighted by Gasteiger charge is -2.06. The molecule has 0 bridgehead atoms. The predicted molar refractivity (Wildman–Crippen MR) is 102 cm³/mol. The summed E-state index contributed by atoms with van der Waals surface area (Å²) in [7, 11) is 0. The van der Waals surface area contributed by atoms with Gasteiger partial charge in [0.15, 0.2) is 4.34 Å². The normalized spacial score (nSPS) is 12.6. The Morgan fingerprint density at radius 1 is 1.29 bits per heavy atom. The molecule has 2 aromatic carbocycles. The average molecular weight is 376 g/mol. The lowest BCUT2D eigenvalue weighted by Crippen LogP contribution is -2.26.